The second-order valence-electron chi connectivity index (χ2n) is 8.80. The summed E-state index contributed by atoms with van der Waals surface area (Å²) < 4.78 is 6.10. The summed E-state index contributed by atoms with van der Waals surface area (Å²) >= 11 is 0. The van der Waals surface area contributed by atoms with E-state index < -0.39 is 0 Å². The number of guanidine groups is 1. The molecule has 2 aliphatic heterocycles. The molecule has 2 rings (SSSR count). The molecule has 0 spiro atoms. The van der Waals surface area contributed by atoms with Crippen LogP contribution in [0.4, 0.5) is 0 Å². The van der Waals surface area contributed by atoms with Crippen LogP contribution in [0.3, 0.4) is 0 Å². The third-order valence-electron chi connectivity index (χ3n) is 5.70. The Balaban J connectivity index is 1.83. The second kappa shape index (κ2) is 9.58. The molecule has 2 aliphatic rings. The van der Waals surface area contributed by atoms with Crippen molar-refractivity contribution in [3.63, 3.8) is 0 Å². The molecule has 6 heteroatoms. The number of carbonyl (C=O) groups excluding carboxylic acids is 1. The van der Waals surface area contributed by atoms with Gasteiger partial charge in [0.25, 0.3) is 0 Å². The maximum Gasteiger partial charge on any atom is 0.220 e. The van der Waals surface area contributed by atoms with Gasteiger partial charge in [-0.05, 0) is 37.0 Å². The lowest BCUT2D eigenvalue weighted by atomic mass is 9.78. The fourth-order valence-electron chi connectivity index (χ4n) is 4.28. The van der Waals surface area contributed by atoms with Crippen molar-refractivity contribution in [1.82, 2.24) is 15.5 Å². The van der Waals surface area contributed by atoms with Crippen molar-refractivity contribution in [1.29, 1.82) is 0 Å². The molecule has 2 unspecified atom stereocenters. The monoisotopic (exact) mass is 366 g/mol. The number of rotatable bonds is 4. The molecule has 2 heterocycles. The van der Waals surface area contributed by atoms with E-state index in [4.69, 9.17) is 4.74 Å². The van der Waals surface area contributed by atoms with Gasteiger partial charge in [-0.2, -0.15) is 0 Å². The lowest BCUT2D eigenvalue weighted by molar-refractivity contribution is -0.121. The van der Waals surface area contributed by atoms with E-state index in [0.717, 1.165) is 51.5 Å². The summed E-state index contributed by atoms with van der Waals surface area (Å²) in [5.41, 5.74) is 0.161. The summed E-state index contributed by atoms with van der Waals surface area (Å²) in [6, 6.07) is 0. The molecule has 0 aromatic carbocycles. The van der Waals surface area contributed by atoms with Gasteiger partial charge in [-0.3, -0.25) is 9.79 Å². The van der Waals surface area contributed by atoms with Gasteiger partial charge < -0.3 is 20.3 Å². The summed E-state index contributed by atoms with van der Waals surface area (Å²) in [6.07, 6.45) is 5.38. The van der Waals surface area contributed by atoms with Gasteiger partial charge in [0.15, 0.2) is 5.96 Å². The van der Waals surface area contributed by atoms with Gasteiger partial charge in [0.1, 0.15) is 0 Å². The van der Waals surface area contributed by atoms with E-state index in [1.54, 1.807) is 7.05 Å². The number of nitrogens with zero attached hydrogens (tertiary/aromatic N) is 2. The number of amides is 1. The van der Waals surface area contributed by atoms with Crippen LogP contribution >= 0.6 is 0 Å². The van der Waals surface area contributed by atoms with Gasteiger partial charge in [0, 0.05) is 52.7 Å². The first kappa shape index (κ1) is 21.0. The molecule has 6 nitrogen and oxygen atoms in total. The molecule has 0 aliphatic carbocycles. The number of hydrogen-bond donors (Lipinski definition) is 2. The molecule has 2 atom stereocenters. The third-order valence-corrected chi connectivity index (χ3v) is 5.70. The van der Waals surface area contributed by atoms with Crippen molar-refractivity contribution in [2.75, 3.05) is 40.3 Å². The van der Waals surface area contributed by atoms with Gasteiger partial charge in [0.05, 0.1) is 6.10 Å². The van der Waals surface area contributed by atoms with Crippen molar-refractivity contribution < 1.29 is 9.53 Å². The van der Waals surface area contributed by atoms with Crippen molar-refractivity contribution in [2.45, 2.75) is 59.0 Å². The Hall–Kier alpha value is -1.30. The van der Waals surface area contributed by atoms with Gasteiger partial charge in [-0.15, -0.1) is 0 Å². The number of carbonyl (C=O) groups is 1. The predicted molar refractivity (Wildman–Crippen MR) is 106 cm³/mol. The number of aliphatic imine (C=N–C) groups is 1. The Morgan fingerprint density at radius 3 is 2.50 bits per heavy atom. The van der Waals surface area contributed by atoms with E-state index in [2.05, 4.69) is 41.3 Å². The van der Waals surface area contributed by atoms with E-state index >= 15 is 0 Å². The van der Waals surface area contributed by atoms with Crippen LogP contribution < -0.4 is 10.6 Å². The minimum Gasteiger partial charge on any atom is -0.377 e. The van der Waals surface area contributed by atoms with Crippen LogP contribution in [0.2, 0.25) is 0 Å². The van der Waals surface area contributed by atoms with Gasteiger partial charge in [0.2, 0.25) is 5.91 Å². The standard InChI is InChI=1S/C20H38N4O2/c1-20(2,3)18-16(7-6-12-26-18)14-23-19(22-5)24-10-8-15(9-11-24)13-17(25)21-4/h15-16,18H,6-14H2,1-5H3,(H,21,25)(H,22,23). The van der Waals surface area contributed by atoms with E-state index in [9.17, 15) is 4.79 Å². The summed E-state index contributed by atoms with van der Waals surface area (Å²) in [4.78, 5) is 18.4. The lowest BCUT2D eigenvalue weighted by Crippen LogP contribution is -2.50. The highest BCUT2D eigenvalue weighted by Crippen LogP contribution is 2.33. The summed E-state index contributed by atoms with van der Waals surface area (Å²) in [5.74, 6) is 2.14. The highest BCUT2D eigenvalue weighted by Gasteiger charge is 2.35. The van der Waals surface area contributed by atoms with Crippen molar-refractivity contribution >= 4 is 11.9 Å². The third kappa shape index (κ3) is 5.86. The molecule has 0 aromatic heterocycles. The first-order chi connectivity index (χ1) is 12.3. The molecular formula is C20H38N4O2. The molecule has 0 saturated carbocycles. The Kier molecular flexibility index (Phi) is 7.74. The SMILES string of the molecule is CN=C(NCC1CCCOC1C(C)(C)C)N1CCC(CC(=O)NC)CC1. The Bertz CT molecular complexity index is 479. The smallest absolute Gasteiger partial charge is 0.220 e. The summed E-state index contributed by atoms with van der Waals surface area (Å²) in [7, 11) is 3.57. The zero-order valence-corrected chi connectivity index (χ0v) is 17.3. The zero-order chi connectivity index (χ0) is 19.2. The molecule has 150 valence electrons. The van der Waals surface area contributed by atoms with Crippen LogP contribution in [0.5, 0.6) is 0 Å². The molecule has 2 saturated heterocycles. The Morgan fingerprint density at radius 2 is 1.92 bits per heavy atom. The maximum absolute atomic E-state index is 11.6. The van der Waals surface area contributed by atoms with Gasteiger partial charge in [-0.25, -0.2) is 0 Å². The first-order valence-electron chi connectivity index (χ1n) is 10.1. The van der Waals surface area contributed by atoms with Crippen LogP contribution in [-0.2, 0) is 9.53 Å². The second-order valence-corrected chi connectivity index (χ2v) is 8.80. The van der Waals surface area contributed by atoms with Crippen molar-refractivity contribution in [2.24, 2.45) is 22.2 Å². The fraction of sp³-hybridized carbons (Fsp3) is 0.900. The van der Waals surface area contributed by atoms with Crippen LogP contribution in [0.15, 0.2) is 4.99 Å². The number of likely N-dealkylation sites (tertiary alicyclic amines) is 1. The Labute approximate surface area is 159 Å². The summed E-state index contributed by atoms with van der Waals surface area (Å²) in [5, 5.41) is 6.32. The average molecular weight is 367 g/mol. The highest BCUT2D eigenvalue weighted by molar-refractivity contribution is 5.80. The largest absolute Gasteiger partial charge is 0.377 e. The maximum atomic E-state index is 11.6. The molecule has 0 radical (unpaired) electrons. The fourth-order valence-corrected chi connectivity index (χ4v) is 4.28. The predicted octanol–water partition coefficient (Wildman–Crippen LogP) is 2.25. The normalized spacial score (nSPS) is 25.9. The molecule has 0 aromatic rings. The van der Waals surface area contributed by atoms with Crippen molar-refractivity contribution in [3.05, 3.63) is 0 Å². The minimum atomic E-state index is 0.150. The zero-order valence-electron chi connectivity index (χ0n) is 17.3. The highest BCUT2D eigenvalue weighted by atomic mass is 16.5. The summed E-state index contributed by atoms with van der Waals surface area (Å²) in [6.45, 7) is 10.5. The van der Waals surface area contributed by atoms with Crippen LogP contribution in [-0.4, -0.2) is 63.2 Å². The number of hydrogen-bond acceptors (Lipinski definition) is 3. The van der Waals surface area contributed by atoms with E-state index in [-0.39, 0.29) is 11.3 Å². The molecule has 1 amide bonds. The quantitative estimate of drug-likeness (QED) is 0.592. The Morgan fingerprint density at radius 1 is 1.23 bits per heavy atom. The topological polar surface area (TPSA) is 66.0 Å². The molecular weight excluding hydrogens is 328 g/mol. The molecule has 0 bridgehead atoms. The van der Waals surface area contributed by atoms with Crippen molar-refractivity contribution in [3.8, 4) is 0 Å². The molecule has 2 fully saturated rings. The van der Waals surface area contributed by atoms with Gasteiger partial charge >= 0.3 is 0 Å². The van der Waals surface area contributed by atoms with Crippen LogP contribution in [0.25, 0.3) is 0 Å². The molecule has 2 N–H and O–H groups in total. The number of ether oxygens (including phenoxy) is 1. The average Bonchev–Trinajstić information content (AvgIpc) is 2.63. The number of piperidine rings is 1. The molecule has 26 heavy (non-hydrogen) atoms. The van der Waals surface area contributed by atoms with Gasteiger partial charge in [-0.1, -0.05) is 20.8 Å². The lowest BCUT2D eigenvalue weighted by Gasteiger charge is -2.41. The van der Waals surface area contributed by atoms with E-state index in [0.29, 0.717) is 24.4 Å². The number of nitrogens with one attached hydrogen (secondary N) is 2. The van der Waals surface area contributed by atoms with Crippen LogP contribution in [0, 0.1) is 17.3 Å². The first-order valence-corrected chi connectivity index (χ1v) is 10.1. The van der Waals surface area contributed by atoms with Crippen LogP contribution in [0.1, 0.15) is 52.9 Å². The minimum absolute atomic E-state index is 0.150. The van der Waals surface area contributed by atoms with E-state index in [1.807, 2.05) is 7.05 Å². The van der Waals surface area contributed by atoms with E-state index in [1.165, 1.54) is 6.42 Å².